The molecule has 39 heavy (non-hydrogen) atoms. The van der Waals surface area contributed by atoms with Crippen LogP contribution < -0.4 is 9.80 Å². The first-order chi connectivity index (χ1) is 19.0. The normalized spacial score (nSPS) is 22.5. The molecule has 0 bridgehead atoms. The molecule has 2 saturated heterocycles. The maximum absolute atomic E-state index is 15.5. The van der Waals surface area contributed by atoms with Gasteiger partial charge in [-0.25, -0.2) is 4.39 Å². The average Bonchev–Trinajstić information content (AvgIpc) is 3.40. The van der Waals surface area contributed by atoms with Gasteiger partial charge in [0.15, 0.2) is 0 Å². The zero-order valence-corrected chi connectivity index (χ0v) is 23.7. The average molecular weight is 545 g/mol. The molecule has 204 valence electrons. The van der Waals surface area contributed by atoms with Crippen LogP contribution in [0.5, 0.6) is 0 Å². The number of hydrogen-bond donors (Lipinski definition) is 0. The van der Waals surface area contributed by atoms with Crippen LogP contribution >= 0.6 is 12.2 Å². The first-order valence-corrected chi connectivity index (χ1v) is 14.6. The summed E-state index contributed by atoms with van der Waals surface area (Å²) in [7, 11) is 0. The largest absolute Gasteiger partial charge is 0.378 e. The molecular formula is C32H37FN4OS. The lowest BCUT2D eigenvalue weighted by atomic mass is 10.1. The number of aryl methyl sites for hydroxylation is 2. The third kappa shape index (κ3) is 5.58. The number of anilines is 2. The standard InChI is InChI=1S/C32H37FN4OS/c1-3-23-6-8-24(9-7-23)18-35-19-27-28(20-35)29(27)21-37(32(39)26-5-4-12-34-22(26)2)25-10-11-31(30(33)17-25)36-13-15-38-16-14-36/h4-12,17,27-29H,3,13-16,18-21H2,1-2H3. The molecule has 3 heterocycles. The van der Waals surface area contributed by atoms with Gasteiger partial charge in [0.05, 0.1) is 18.9 Å². The fraction of sp³-hybridized carbons (Fsp3) is 0.438. The van der Waals surface area contributed by atoms with E-state index in [0.717, 1.165) is 54.5 Å². The molecule has 2 aliphatic heterocycles. The van der Waals surface area contributed by atoms with Gasteiger partial charge in [-0.2, -0.15) is 0 Å². The van der Waals surface area contributed by atoms with Crippen LogP contribution in [-0.2, 0) is 17.7 Å². The molecule has 5 nitrogen and oxygen atoms in total. The predicted octanol–water partition coefficient (Wildman–Crippen LogP) is 5.49. The lowest BCUT2D eigenvalue weighted by Gasteiger charge is -2.31. The van der Waals surface area contributed by atoms with Crippen molar-refractivity contribution in [3.05, 3.63) is 89.0 Å². The molecule has 3 aromatic rings. The number of nitrogens with zero attached hydrogens (tertiary/aromatic N) is 4. The Morgan fingerprint density at radius 1 is 1.05 bits per heavy atom. The highest BCUT2D eigenvalue weighted by atomic mass is 32.1. The number of hydrogen-bond acceptors (Lipinski definition) is 5. The Kier molecular flexibility index (Phi) is 7.65. The fourth-order valence-corrected chi connectivity index (χ4v) is 6.77. The van der Waals surface area contributed by atoms with Gasteiger partial charge in [-0.3, -0.25) is 9.88 Å². The van der Waals surface area contributed by atoms with Gasteiger partial charge in [-0.05, 0) is 72.6 Å². The lowest BCUT2D eigenvalue weighted by molar-refractivity contribution is 0.122. The zero-order chi connectivity index (χ0) is 26.9. The van der Waals surface area contributed by atoms with Crippen molar-refractivity contribution in [3.8, 4) is 0 Å². The van der Waals surface area contributed by atoms with Crippen LogP contribution in [0.15, 0.2) is 60.8 Å². The highest BCUT2D eigenvalue weighted by Gasteiger charge is 2.55. The van der Waals surface area contributed by atoms with E-state index in [1.807, 2.05) is 31.2 Å². The van der Waals surface area contributed by atoms with Gasteiger partial charge in [-0.1, -0.05) is 43.4 Å². The van der Waals surface area contributed by atoms with Crippen LogP contribution in [0.1, 0.15) is 29.3 Å². The van der Waals surface area contributed by atoms with Gasteiger partial charge in [0.1, 0.15) is 10.8 Å². The summed E-state index contributed by atoms with van der Waals surface area (Å²) < 4.78 is 20.9. The fourth-order valence-electron chi connectivity index (χ4n) is 6.37. The quantitative estimate of drug-likeness (QED) is 0.349. The van der Waals surface area contributed by atoms with Crippen LogP contribution in [0.4, 0.5) is 15.8 Å². The lowest BCUT2D eigenvalue weighted by Crippen LogP contribution is -2.37. The van der Waals surface area contributed by atoms with Crippen molar-refractivity contribution in [2.75, 3.05) is 55.7 Å². The first kappa shape index (κ1) is 26.4. The Balaban J connectivity index is 1.18. The van der Waals surface area contributed by atoms with Gasteiger partial charge in [-0.15, -0.1) is 0 Å². The van der Waals surface area contributed by atoms with Gasteiger partial charge >= 0.3 is 0 Å². The summed E-state index contributed by atoms with van der Waals surface area (Å²) in [5.74, 6) is 1.68. The first-order valence-electron chi connectivity index (χ1n) is 14.2. The molecule has 3 fully saturated rings. The minimum absolute atomic E-state index is 0.207. The molecule has 0 radical (unpaired) electrons. The van der Waals surface area contributed by atoms with E-state index in [2.05, 4.69) is 50.9 Å². The molecule has 2 unspecified atom stereocenters. The summed E-state index contributed by atoms with van der Waals surface area (Å²) in [6, 6.07) is 18.6. The van der Waals surface area contributed by atoms with E-state index < -0.39 is 0 Å². The van der Waals surface area contributed by atoms with Crippen LogP contribution in [-0.4, -0.2) is 60.8 Å². The SMILES string of the molecule is CCc1ccc(CN2CC3C(C2)C3CN(C(=S)c2cccnc2C)c2ccc(N3CCOCC3)c(F)c2)cc1. The number of rotatable bonds is 8. The predicted molar refractivity (Wildman–Crippen MR) is 159 cm³/mol. The van der Waals surface area contributed by atoms with Crippen molar-refractivity contribution in [2.24, 2.45) is 17.8 Å². The molecule has 6 rings (SSSR count). The van der Waals surface area contributed by atoms with Crippen LogP contribution in [0.25, 0.3) is 0 Å². The maximum Gasteiger partial charge on any atom is 0.148 e. The van der Waals surface area contributed by atoms with E-state index >= 15 is 4.39 Å². The molecule has 0 N–H and O–H groups in total. The zero-order valence-electron chi connectivity index (χ0n) is 22.9. The number of fused-ring (bicyclic) bond motifs is 1. The maximum atomic E-state index is 15.5. The minimum Gasteiger partial charge on any atom is -0.378 e. The summed E-state index contributed by atoms with van der Waals surface area (Å²) in [6.45, 7) is 10.9. The second kappa shape index (κ2) is 11.3. The molecule has 1 aromatic heterocycles. The third-order valence-electron chi connectivity index (χ3n) is 8.75. The molecule has 0 amide bonds. The van der Waals surface area contributed by atoms with Crippen LogP contribution in [0.2, 0.25) is 0 Å². The highest BCUT2D eigenvalue weighted by molar-refractivity contribution is 7.81. The number of benzene rings is 2. The van der Waals surface area contributed by atoms with E-state index in [-0.39, 0.29) is 5.82 Å². The molecular weight excluding hydrogens is 507 g/mol. The second-order valence-corrected chi connectivity index (χ2v) is 11.5. The Morgan fingerprint density at radius 2 is 1.77 bits per heavy atom. The second-order valence-electron chi connectivity index (χ2n) is 11.1. The van der Waals surface area contributed by atoms with Crippen molar-refractivity contribution in [3.63, 3.8) is 0 Å². The monoisotopic (exact) mass is 544 g/mol. The van der Waals surface area contributed by atoms with E-state index in [0.29, 0.717) is 49.7 Å². The summed E-state index contributed by atoms with van der Waals surface area (Å²) in [4.78, 5) is 12.0. The number of thiocarbonyl (C=S) groups is 1. The van der Waals surface area contributed by atoms with E-state index in [1.165, 1.54) is 11.1 Å². The minimum atomic E-state index is -0.207. The van der Waals surface area contributed by atoms with Crippen LogP contribution in [0.3, 0.4) is 0 Å². The number of halogens is 1. The Bertz CT molecular complexity index is 1310. The van der Waals surface area contributed by atoms with E-state index in [4.69, 9.17) is 17.0 Å². The molecule has 7 heteroatoms. The van der Waals surface area contributed by atoms with Crippen molar-refractivity contribution < 1.29 is 9.13 Å². The number of ether oxygens (including phenoxy) is 1. The van der Waals surface area contributed by atoms with Gasteiger partial charge in [0.2, 0.25) is 0 Å². The highest BCUT2D eigenvalue weighted by Crippen LogP contribution is 2.52. The summed E-state index contributed by atoms with van der Waals surface area (Å²) in [5, 5.41) is 0. The van der Waals surface area contributed by atoms with E-state index in [9.17, 15) is 0 Å². The molecule has 1 saturated carbocycles. The van der Waals surface area contributed by atoms with Crippen molar-refractivity contribution >= 4 is 28.6 Å². The number of aromatic nitrogens is 1. The Morgan fingerprint density at radius 3 is 2.44 bits per heavy atom. The van der Waals surface area contributed by atoms with Crippen LogP contribution in [0, 0.1) is 30.5 Å². The van der Waals surface area contributed by atoms with Gasteiger partial charge in [0.25, 0.3) is 0 Å². The summed E-state index contributed by atoms with van der Waals surface area (Å²) in [6.07, 6.45) is 2.87. The Hall–Kier alpha value is -2.87. The van der Waals surface area contributed by atoms with Crippen molar-refractivity contribution in [1.29, 1.82) is 0 Å². The van der Waals surface area contributed by atoms with Gasteiger partial charge < -0.3 is 14.5 Å². The number of likely N-dealkylation sites (tertiary alicyclic amines) is 1. The van der Waals surface area contributed by atoms with Crippen molar-refractivity contribution in [2.45, 2.75) is 26.8 Å². The number of piperidine rings is 1. The summed E-state index contributed by atoms with van der Waals surface area (Å²) in [5.41, 5.74) is 6.06. The third-order valence-corrected chi connectivity index (χ3v) is 9.20. The summed E-state index contributed by atoms with van der Waals surface area (Å²) >= 11 is 6.05. The molecule has 1 aliphatic carbocycles. The number of pyridine rings is 1. The van der Waals surface area contributed by atoms with Gasteiger partial charge in [0, 0.05) is 62.4 Å². The molecule has 0 spiro atoms. The Labute approximate surface area is 236 Å². The topological polar surface area (TPSA) is 31.8 Å². The molecule has 2 aromatic carbocycles. The smallest absolute Gasteiger partial charge is 0.148 e. The molecule has 3 aliphatic rings. The van der Waals surface area contributed by atoms with E-state index in [1.54, 1.807) is 12.3 Å². The molecule has 2 atom stereocenters. The van der Waals surface area contributed by atoms with Crippen molar-refractivity contribution in [1.82, 2.24) is 9.88 Å². The number of morpholine rings is 1.